The molecular weight excluding hydrogens is 369 g/mol. The van der Waals surface area contributed by atoms with Crippen LogP contribution in [0.2, 0.25) is 0 Å². The van der Waals surface area contributed by atoms with Gasteiger partial charge in [0.2, 0.25) is 0 Å². The molecule has 0 spiro atoms. The van der Waals surface area contributed by atoms with Gasteiger partial charge < -0.3 is 14.6 Å². The summed E-state index contributed by atoms with van der Waals surface area (Å²) in [6, 6.07) is 5.83. The number of amides is 1. The molecule has 1 aromatic rings. The van der Waals surface area contributed by atoms with Gasteiger partial charge in [-0.1, -0.05) is 0 Å². The molecule has 1 atom stereocenters. The maximum absolute atomic E-state index is 13.5. The van der Waals surface area contributed by atoms with Gasteiger partial charge in [-0.25, -0.2) is 4.79 Å². The highest BCUT2D eigenvalue weighted by Crippen LogP contribution is 2.41. The highest BCUT2D eigenvalue weighted by atomic mass is 19.4. The molecule has 0 radical (unpaired) electrons. The number of ether oxygens (including phenoxy) is 2. The van der Waals surface area contributed by atoms with Crippen LogP contribution in [-0.4, -0.2) is 52.3 Å². The SMILES string of the molecule is COc1ccc(C2=NN(C(=O)C(=O)OC(C)(C)C)C(O)(C(F)(F)F)C2)cc1. The normalized spacial score (nSPS) is 20.3. The molecule has 0 saturated heterocycles. The first-order chi connectivity index (χ1) is 12.3. The molecule has 0 saturated carbocycles. The Hall–Kier alpha value is -2.62. The second-order valence-electron chi connectivity index (χ2n) is 6.89. The van der Waals surface area contributed by atoms with Crippen LogP contribution in [0.3, 0.4) is 0 Å². The molecule has 1 unspecified atom stereocenters. The predicted molar refractivity (Wildman–Crippen MR) is 87.8 cm³/mol. The zero-order valence-electron chi connectivity index (χ0n) is 15.1. The Balaban J connectivity index is 2.41. The first kappa shape index (κ1) is 20.7. The lowest BCUT2D eigenvalue weighted by atomic mass is 10.0. The van der Waals surface area contributed by atoms with Gasteiger partial charge in [0.25, 0.3) is 5.72 Å². The van der Waals surface area contributed by atoms with Gasteiger partial charge in [-0.05, 0) is 50.6 Å². The van der Waals surface area contributed by atoms with Crippen molar-refractivity contribution >= 4 is 17.6 Å². The molecule has 148 valence electrons. The third-order valence-corrected chi connectivity index (χ3v) is 3.63. The largest absolute Gasteiger partial charge is 0.497 e. The molecular formula is C17H19F3N2O5. The van der Waals surface area contributed by atoms with Crippen molar-refractivity contribution < 1.29 is 37.3 Å². The first-order valence-electron chi connectivity index (χ1n) is 7.87. The Bertz CT molecular complexity index is 768. The van der Waals surface area contributed by atoms with E-state index in [4.69, 9.17) is 9.47 Å². The summed E-state index contributed by atoms with van der Waals surface area (Å²) in [6.07, 6.45) is -6.28. The van der Waals surface area contributed by atoms with Crippen LogP contribution >= 0.6 is 0 Å². The van der Waals surface area contributed by atoms with Gasteiger partial charge in [-0.15, -0.1) is 0 Å². The van der Waals surface area contributed by atoms with Crippen LogP contribution in [0.15, 0.2) is 29.4 Å². The van der Waals surface area contributed by atoms with Crippen molar-refractivity contribution in [2.45, 2.75) is 44.7 Å². The Kier molecular flexibility index (Phi) is 5.24. The van der Waals surface area contributed by atoms with E-state index >= 15 is 0 Å². The maximum atomic E-state index is 13.5. The second kappa shape index (κ2) is 6.84. The van der Waals surface area contributed by atoms with Gasteiger partial charge in [0.1, 0.15) is 11.4 Å². The highest BCUT2D eigenvalue weighted by molar-refractivity contribution is 6.33. The van der Waals surface area contributed by atoms with Crippen LogP contribution in [0, 0.1) is 0 Å². The van der Waals surface area contributed by atoms with E-state index in [2.05, 4.69) is 5.10 Å². The van der Waals surface area contributed by atoms with E-state index in [1.54, 1.807) is 0 Å². The minimum atomic E-state index is -5.25. The fourth-order valence-electron chi connectivity index (χ4n) is 2.33. The molecule has 1 aromatic carbocycles. The van der Waals surface area contributed by atoms with Gasteiger partial charge in [-0.3, -0.25) is 4.79 Å². The van der Waals surface area contributed by atoms with Gasteiger partial charge in [0, 0.05) is 0 Å². The number of hydrazone groups is 1. The van der Waals surface area contributed by atoms with Crippen molar-refractivity contribution in [3.63, 3.8) is 0 Å². The van der Waals surface area contributed by atoms with Gasteiger partial charge in [-0.2, -0.15) is 23.3 Å². The summed E-state index contributed by atoms with van der Waals surface area (Å²) in [7, 11) is 1.42. The van der Waals surface area contributed by atoms with Crippen molar-refractivity contribution in [2.75, 3.05) is 7.11 Å². The topological polar surface area (TPSA) is 88.4 Å². The number of halogens is 3. The highest BCUT2D eigenvalue weighted by Gasteiger charge is 2.64. The summed E-state index contributed by atoms with van der Waals surface area (Å²) in [5.74, 6) is -2.80. The molecule has 1 heterocycles. The monoisotopic (exact) mass is 388 g/mol. The number of carbonyl (C=O) groups is 2. The first-order valence-corrected chi connectivity index (χ1v) is 7.87. The average Bonchev–Trinajstić information content (AvgIpc) is 2.91. The smallest absolute Gasteiger partial charge is 0.438 e. The van der Waals surface area contributed by atoms with Crippen molar-refractivity contribution in [3.05, 3.63) is 29.8 Å². The van der Waals surface area contributed by atoms with Gasteiger partial charge in [0.15, 0.2) is 0 Å². The molecule has 1 aliphatic heterocycles. The summed E-state index contributed by atoms with van der Waals surface area (Å²) in [4.78, 5) is 24.1. The number of carbonyl (C=O) groups excluding carboxylic acids is 2. The quantitative estimate of drug-likeness (QED) is 0.620. The second-order valence-corrected chi connectivity index (χ2v) is 6.89. The summed E-state index contributed by atoms with van der Waals surface area (Å²) >= 11 is 0. The van der Waals surface area contributed by atoms with E-state index in [1.807, 2.05) is 0 Å². The Morgan fingerprint density at radius 2 is 1.74 bits per heavy atom. The lowest BCUT2D eigenvalue weighted by Gasteiger charge is -2.32. The molecule has 0 bridgehead atoms. The van der Waals surface area contributed by atoms with E-state index in [1.165, 1.54) is 52.1 Å². The van der Waals surface area contributed by atoms with Crippen LogP contribution in [0.4, 0.5) is 13.2 Å². The number of nitrogens with zero attached hydrogens (tertiary/aromatic N) is 2. The summed E-state index contributed by atoms with van der Waals surface area (Å²) in [5.41, 5.74) is -4.74. The van der Waals surface area contributed by atoms with E-state index in [0.717, 1.165) is 0 Å². The lowest BCUT2D eigenvalue weighted by Crippen LogP contribution is -2.58. The number of esters is 1. The molecule has 27 heavy (non-hydrogen) atoms. The van der Waals surface area contributed by atoms with Crippen LogP contribution in [0.25, 0.3) is 0 Å². The molecule has 1 N–H and O–H groups in total. The number of methoxy groups -OCH3 is 1. The number of hydrogen-bond acceptors (Lipinski definition) is 6. The van der Waals surface area contributed by atoms with Crippen LogP contribution in [0.5, 0.6) is 5.75 Å². The molecule has 2 rings (SSSR count). The molecule has 1 amide bonds. The van der Waals surface area contributed by atoms with E-state index in [0.29, 0.717) is 5.75 Å². The third-order valence-electron chi connectivity index (χ3n) is 3.63. The molecule has 0 aromatic heterocycles. The zero-order chi connectivity index (χ0) is 20.6. The average molecular weight is 388 g/mol. The van der Waals surface area contributed by atoms with E-state index < -0.39 is 35.8 Å². The van der Waals surface area contributed by atoms with Gasteiger partial charge >= 0.3 is 18.1 Å². The fraction of sp³-hybridized carbons (Fsp3) is 0.471. The number of alkyl halides is 3. The van der Waals surface area contributed by atoms with E-state index in [-0.39, 0.29) is 16.3 Å². The summed E-state index contributed by atoms with van der Waals surface area (Å²) < 4.78 is 50.2. The minimum absolute atomic E-state index is 0.214. The summed E-state index contributed by atoms with van der Waals surface area (Å²) in [6.45, 7) is 4.35. The number of rotatable bonds is 2. The summed E-state index contributed by atoms with van der Waals surface area (Å²) in [5, 5.41) is 13.5. The lowest BCUT2D eigenvalue weighted by molar-refractivity contribution is -0.302. The maximum Gasteiger partial charge on any atom is 0.438 e. The number of hydrogen-bond donors (Lipinski definition) is 1. The Morgan fingerprint density at radius 1 is 1.19 bits per heavy atom. The standard InChI is InChI=1S/C17H19F3N2O5/c1-15(2,3)27-14(24)13(23)22-16(25,17(18,19)20)9-12(21-22)10-5-7-11(26-4)8-6-10/h5-8,25H,9H2,1-4H3. The predicted octanol–water partition coefficient (Wildman–Crippen LogP) is 2.22. The molecule has 0 aliphatic carbocycles. The van der Waals surface area contributed by atoms with Crippen molar-refractivity contribution in [3.8, 4) is 5.75 Å². The number of benzene rings is 1. The van der Waals surface area contributed by atoms with Crippen LogP contribution in [-0.2, 0) is 14.3 Å². The minimum Gasteiger partial charge on any atom is -0.497 e. The fourth-order valence-corrected chi connectivity index (χ4v) is 2.33. The molecule has 10 heteroatoms. The van der Waals surface area contributed by atoms with Crippen LogP contribution < -0.4 is 4.74 Å². The van der Waals surface area contributed by atoms with Crippen molar-refractivity contribution in [1.29, 1.82) is 0 Å². The third kappa shape index (κ3) is 4.21. The van der Waals surface area contributed by atoms with Crippen molar-refractivity contribution in [1.82, 2.24) is 5.01 Å². The Morgan fingerprint density at radius 3 is 2.19 bits per heavy atom. The molecule has 1 aliphatic rings. The van der Waals surface area contributed by atoms with Crippen molar-refractivity contribution in [2.24, 2.45) is 5.10 Å². The zero-order valence-corrected chi connectivity index (χ0v) is 15.1. The Labute approximate surface area is 153 Å². The molecule has 7 nitrogen and oxygen atoms in total. The molecule has 0 fully saturated rings. The number of aliphatic hydroxyl groups is 1. The van der Waals surface area contributed by atoms with Gasteiger partial charge in [0.05, 0.1) is 19.2 Å². The van der Waals surface area contributed by atoms with Crippen LogP contribution in [0.1, 0.15) is 32.8 Å². The van der Waals surface area contributed by atoms with E-state index in [9.17, 15) is 27.9 Å².